The summed E-state index contributed by atoms with van der Waals surface area (Å²) in [7, 11) is 3.16. The summed E-state index contributed by atoms with van der Waals surface area (Å²) in [5, 5.41) is 2.89. The third-order valence-corrected chi connectivity index (χ3v) is 6.90. The number of carbonyl (C=O) groups excluding carboxylic acids is 2. The minimum absolute atomic E-state index is 0.0132. The van der Waals surface area contributed by atoms with Crippen LogP contribution in [-0.4, -0.2) is 41.8 Å². The van der Waals surface area contributed by atoms with Crippen LogP contribution in [0.1, 0.15) is 31.2 Å². The number of unbranched alkanes of at least 4 members (excludes halogenated alkanes) is 2. The van der Waals surface area contributed by atoms with E-state index in [0.717, 1.165) is 35.0 Å². The van der Waals surface area contributed by atoms with Gasteiger partial charge in [-0.05, 0) is 60.9 Å². The van der Waals surface area contributed by atoms with E-state index >= 15 is 0 Å². The Morgan fingerprint density at radius 3 is 2.52 bits per heavy atom. The highest BCUT2D eigenvalue weighted by Gasteiger charge is 2.31. The Morgan fingerprint density at radius 2 is 1.82 bits per heavy atom. The second-order valence-corrected chi connectivity index (χ2v) is 9.90. The molecule has 2 aromatic rings. The molecule has 0 atom stereocenters. The molecule has 0 radical (unpaired) electrons. The number of halogens is 1. The predicted molar refractivity (Wildman–Crippen MR) is 141 cm³/mol. The summed E-state index contributed by atoms with van der Waals surface area (Å²) in [6, 6.07) is 13.0. The van der Waals surface area contributed by atoms with Crippen molar-refractivity contribution < 1.29 is 19.1 Å². The molecule has 0 aliphatic carbocycles. The summed E-state index contributed by atoms with van der Waals surface area (Å²) in [5.74, 6) is 1.13. The van der Waals surface area contributed by atoms with Crippen molar-refractivity contribution in [3.63, 3.8) is 0 Å². The molecule has 1 aliphatic rings. The van der Waals surface area contributed by atoms with Gasteiger partial charge in [0.2, 0.25) is 5.91 Å². The van der Waals surface area contributed by atoms with Crippen LogP contribution in [0.4, 0.5) is 5.69 Å². The number of amides is 2. The average Bonchev–Trinajstić information content (AvgIpc) is 3.07. The van der Waals surface area contributed by atoms with Crippen molar-refractivity contribution in [2.45, 2.75) is 25.7 Å². The lowest BCUT2D eigenvalue weighted by Crippen LogP contribution is -2.29. The van der Waals surface area contributed by atoms with Crippen molar-refractivity contribution in [3.8, 4) is 11.5 Å². The first-order valence-corrected chi connectivity index (χ1v) is 12.5. The minimum atomic E-state index is -0.0900. The number of hydrogen-bond acceptors (Lipinski definition) is 6. The van der Waals surface area contributed by atoms with E-state index < -0.39 is 0 Å². The van der Waals surface area contributed by atoms with Gasteiger partial charge in [-0.15, -0.1) is 0 Å². The van der Waals surface area contributed by atoms with E-state index in [1.54, 1.807) is 25.2 Å². The summed E-state index contributed by atoms with van der Waals surface area (Å²) in [4.78, 5) is 27.1. The molecule has 0 aromatic heterocycles. The molecule has 0 bridgehead atoms. The predicted octanol–water partition coefficient (Wildman–Crippen LogP) is 5.87. The molecule has 1 fully saturated rings. The number of carbonyl (C=O) groups is 2. The first kappa shape index (κ1) is 25.3. The van der Waals surface area contributed by atoms with E-state index in [0.29, 0.717) is 33.7 Å². The highest BCUT2D eigenvalue weighted by Crippen LogP contribution is 2.34. The van der Waals surface area contributed by atoms with Crippen LogP contribution in [0.5, 0.6) is 11.5 Å². The molecule has 6 nitrogen and oxygen atoms in total. The Balaban J connectivity index is 1.46. The molecular formula is C24H25BrN2O4S2. The summed E-state index contributed by atoms with van der Waals surface area (Å²) >= 11 is 10.1. The number of hydrogen-bond donors (Lipinski definition) is 1. The number of methoxy groups -OCH3 is 2. The molecule has 0 unspecified atom stereocenters. The molecule has 2 amide bonds. The zero-order chi connectivity index (χ0) is 23.8. The van der Waals surface area contributed by atoms with Gasteiger partial charge in [0, 0.05) is 23.1 Å². The molecule has 1 saturated heterocycles. The molecule has 1 N–H and O–H groups in total. The smallest absolute Gasteiger partial charge is 0.266 e. The first-order chi connectivity index (χ1) is 15.9. The Labute approximate surface area is 211 Å². The maximum absolute atomic E-state index is 12.8. The maximum Gasteiger partial charge on any atom is 0.266 e. The summed E-state index contributed by atoms with van der Waals surface area (Å²) < 4.78 is 12.1. The zero-order valence-corrected chi connectivity index (χ0v) is 21.6. The van der Waals surface area contributed by atoms with Crippen LogP contribution in [0.25, 0.3) is 6.08 Å². The third-order valence-electron chi connectivity index (χ3n) is 4.99. The van der Waals surface area contributed by atoms with Crippen LogP contribution in [0, 0.1) is 0 Å². The van der Waals surface area contributed by atoms with Gasteiger partial charge in [0.1, 0.15) is 4.32 Å². The van der Waals surface area contributed by atoms with E-state index in [1.165, 1.54) is 11.8 Å². The van der Waals surface area contributed by atoms with Gasteiger partial charge in [0.15, 0.2) is 11.5 Å². The molecule has 9 heteroatoms. The van der Waals surface area contributed by atoms with Crippen molar-refractivity contribution in [1.82, 2.24) is 4.90 Å². The molecule has 0 saturated carbocycles. The van der Waals surface area contributed by atoms with E-state index in [9.17, 15) is 9.59 Å². The quantitative estimate of drug-likeness (QED) is 0.227. The Kier molecular flexibility index (Phi) is 9.34. The normalized spacial score (nSPS) is 14.6. The van der Waals surface area contributed by atoms with E-state index in [-0.39, 0.29) is 11.8 Å². The summed E-state index contributed by atoms with van der Waals surface area (Å²) in [6.07, 6.45) is 4.61. The number of thioether (sulfide) groups is 1. The molecule has 2 aromatic carbocycles. The third kappa shape index (κ3) is 7.06. The maximum atomic E-state index is 12.8. The number of ether oxygens (including phenoxy) is 2. The van der Waals surface area contributed by atoms with Gasteiger partial charge in [-0.1, -0.05) is 52.4 Å². The van der Waals surface area contributed by atoms with Crippen LogP contribution in [0.15, 0.2) is 51.8 Å². The molecule has 3 rings (SSSR count). The fourth-order valence-corrected chi connectivity index (χ4v) is 4.85. The number of thiocarbonyl (C=S) groups is 1. The van der Waals surface area contributed by atoms with Gasteiger partial charge in [0.25, 0.3) is 5.91 Å². The Hall–Kier alpha value is -2.36. The van der Waals surface area contributed by atoms with E-state index in [1.807, 2.05) is 42.5 Å². The highest BCUT2D eigenvalue weighted by atomic mass is 79.9. The van der Waals surface area contributed by atoms with Crippen molar-refractivity contribution in [2.24, 2.45) is 0 Å². The van der Waals surface area contributed by atoms with Gasteiger partial charge >= 0.3 is 0 Å². The topological polar surface area (TPSA) is 67.9 Å². The molecule has 1 heterocycles. The lowest BCUT2D eigenvalue weighted by molar-refractivity contribution is -0.122. The second kappa shape index (κ2) is 12.2. The van der Waals surface area contributed by atoms with Crippen LogP contribution in [0.3, 0.4) is 0 Å². The van der Waals surface area contributed by atoms with Crippen molar-refractivity contribution in [3.05, 3.63) is 57.4 Å². The fourth-order valence-electron chi connectivity index (χ4n) is 3.28. The number of nitrogens with zero attached hydrogens (tertiary/aromatic N) is 1. The van der Waals surface area contributed by atoms with Gasteiger partial charge < -0.3 is 14.8 Å². The van der Waals surface area contributed by atoms with Crippen LogP contribution in [-0.2, 0) is 9.59 Å². The van der Waals surface area contributed by atoms with Gasteiger partial charge in [-0.2, -0.15) is 0 Å². The first-order valence-electron chi connectivity index (χ1n) is 10.4. The molecule has 0 spiro atoms. The van der Waals surface area contributed by atoms with Crippen LogP contribution in [0.2, 0.25) is 0 Å². The Bertz CT molecular complexity index is 1060. The lowest BCUT2D eigenvalue weighted by Gasteiger charge is -2.14. The number of rotatable bonds is 10. The molecular weight excluding hydrogens is 524 g/mol. The minimum Gasteiger partial charge on any atom is -0.493 e. The van der Waals surface area contributed by atoms with Crippen molar-refractivity contribution in [2.75, 3.05) is 26.1 Å². The molecule has 174 valence electrons. The van der Waals surface area contributed by atoms with Crippen LogP contribution >= 0.6 is 39.9 Å². The highest BCUT2D eigenvalue weighted by molar-refractivity contribution is 9.10. The Morgan fingerprint density at radius 1 is 1.09 bits per heavy atom. The molecule has 1 aliphatic heterocycles. The van der Waals surface area contributed by atoms with Crippen LogP contribution < -0.4 is 14.8 Å². The standard InChI is InChI=1S/C24H25BrN2O4S2/c1-30-19-12-7-16(14-20(19)31-2)15-21-23(29)27(24(32)33-21)13-5-3-4-6-22(28)26-18-10-8-17(25)9-11-18/h7-12,14-15H,3-6,13H2,1-2H3,(H,26,28). The lowest BCUT2D eigenvalue weighted by atomic mass is 10.1. The largest absolute Gasteiger partial charge is 0.493 e. The van der Waals surface area contributed by atoms with Gasteiger partial charge in [0.05, 0.1) is 19.1 Å². The second-order valence-electron chi connectivity index (χ2n) is 7.31. The number of anilines is 1. The average molecular weight is 550 g/mol. The summed E-state index contributed by atoms with van der Waals surface area (Å²) in [6.45, 7) is 0.544. The fraction of sp³-hybridized carbons (Fsp3) is 0.292. The van der Waals surface area contributed by atoms with Gasteiger partial charge in [-0.3, -0.25) is 14.5 Å². The van der Waals surface area contributed by atoms with E-state index in [4.69, 9.17) is 21.7 Å². The SMILES string of the molecule is COc1ccc(C=C2SC(=S)N(CCCCCC(=O)Nc3ccc(Br)cc3)C2=O)cc1OC. The van der Waals surface area contributed by atoms with Gasteiger partial charge in [-0.25, -0.2) is 0 Å². The van der Waals surface area contributed by atoms with Crippen molar-refractivity contribution >= 4 is 67.8 Å². The number of nitrogens with one attached hydrogen (secondary N) is 1. The number of benzene rings is 2. The van der Waals surface area contributed by atoms with Crippen molar-refractivity contribution in [1.29, 1.82) is 0 Å². The monoisotopic (exact) mass is 548 g/mol. The molecule has 33 heavy (non-hydrogen) atoms. The summed E-state index contributed by atoms with van der Waals surface area (Å²) in [5.41, 5.74) is 1.62. The zero-order valence-electron chi connectivity index (χ0n) is 18.4. The van der Waals surface area contributed by atoms with E-state index in [2.05, 4.69) is 21.2 Å².